The number of aromatic nitrogens is 2. The highest BCUT2D eigenvalue weighted by atomic mass is 16.5. The number of benzene rings is 1. The van der Waals surface area contributed by atoms with Crippen molar-refractivity contribution in [1.82, 2.24) is 14.9 Å². The number of methoxy groups -OCH3 is 2. The zero-order valence-electron chi connectivity index (χ0n) is 17.3. The second-order valence-corrected chi connectivity index (χ2v) is 7.10. The Bertz CT molecular complexity index is 901. The number of carbonyl (C=O) groups excluding carboxylic acids is 1. The first-order chi connectivity index (χ1) is 14.7. The van der Waals surface area contributed by atoms with Gasteiger partial charge in [-0.2, -0.15) is 4.98 Å². The van der Waals surface area contributed by atoms with E-state index in [9.17, 15) is 4.79 Å². The molecule has 30 heavy (non-hydrogen) atoms. The van der Waals surface area contributed by atoms with Crippen LogP contribution in [0, 0.1) is 0 Å². The van der Waals surface area contributed by atoms with Crippen molar-refractivity contribution in [3.63, 3.8) is 0 Å². The van der Waals surface area contributed by atoms with Gasteiger partial charge < -0.3 is 28.7 Å². The molecule has 9 heteroatoms. The van der Waals surface area contributed by atoms with Crippen LogP contribution in [-0.4, -0.2) is 74.4 Å². The van der Waals surface area contributed by atoms with Gasteiger partial charge in [0, 0.05) is 33.2 Å². The fraction of sp³-hybridized carbons (Fsp3) is 0.476. The number of morpholine rings is 1. The van der Waals surface area contributed by atoms with Crippen LogP contribution in [0.1, 0.15) is 11.3 Å². The Morgan fingerprint density at radius 3 is 2.60 bits per heavy atom. The monoisotopic (exact) mass is 414 g/mol. The van der Waals surface area contributed by atoms with E-state index in [0.717, 1.165) is 24.3 Å². The average Bonchev–Trinajstić information content (AvgIpc) is 2.80. The fourth-order valence-corrected chi connectivity index (χ4v) is 3.60. The van der Waals surface area contributed by atoms with Crippen LogP contribution < -0.4 is 14.4 Å². The highest BCUT2D eigenvalue weighted by molar-refractivity contribution is 5.77. The van der Waals surface area contributed by atoms with E-state index in [1.807, 2.05) is 24.3 Å². The number of fused-ring (bicyclic) bond motifs is 1. The third-order valence-electron chi connectivity index (χ3n) is 5.20. The Morgan fingerprint density at radius 1 is 1.10 bits per heavy atom. The molecule has 2 aliphatic heterocycles. The first-order valence-corrected chi connectivity index (χ1v) is 9.99. The van der Waals surface area contributed by atoms with Crippen molar-refractivity contribution in [3.05, 3.63) is 35.5 Å². The fourth-order valence-electron chi connectivity index (χ4n) is 3.60. The summed E-state index contributed by atoms with van der Waals surface area (Å²) in [6, 6.07) is 7.42. The summed E-state index contributed by atoms with van der Waals surface area (Å²) in [6.45, 7) is 3.75. The molecule has 1 aromatic carbocycles. The second kappa shape index (κ2) is 9.27. The second-order valence-electron chi connectivity index (χ2n) is 7.10. The molecule has 3 heterocycles. The number of anilines is 1. The molecule has 160 valence electrons. The maximum Gasteiger partial charge on any atom is 0.248 e. The Kier molecular flexibility index (Phi) is 6.29. The third-order valence-corrected chi connectivity index (χ3v) is 5.20. The van der Waals surface area contributed by atoms with Gasteiger partial charge in [0.2, 0.25) is 17.7 Å². The molecule has 1 fully saturated rings. The third kappa shape index (κ3) is 4.31. The number of para-hydroxylation sites is 2. The molecule has 1 saturated heterocycles. The minimum atomic E-state index is -0.0661. The van der Waals surface area contributed by atoms with E-state index >= 15 is 0 Å². The van der Waals surface area contributed by atoms with E-state index in [2.05, 4.69) is 4.90 Å². The first-order valence-electron chi connectivity index (χ1n) is 9.99. The van der Waals surface area contributed by atoms with Crippen LogP contribution >= 0.6 is 0 Å². The van der Waals surface area contributed by atoms with Crippen LogP contribution in [0.4, 0.5) is 5.95 Å². The molecular weight excluding hydrogens is 388 g/mol. The number of nitrogens with zero attached hydrogens (tertiary/aromatic N) is 4. The predicted molar refractivity (Wildman–Crippen MR) is 109 cm³/mol. The van der Waals surface area contributed by atoms with Crippen molar-refractivity contribution >= 4 is 11.9 Å². The van der Waals surface area contributed by atoms with Crippen molar-refractivity contribution in [1.29, 1.82) is 0 Å². The number of amides is 1. The van der Waals surface area contributed by atoms with Crippen molar-refractivity contribution in [2.24, 2.45) is 0 Å². The minimum Gasteiger partial charge on any atom is -0.493 e. The molecule has 0 unspecified atom stereocenters. The lowest BCUT2D eigenvalue weighted by atomic mass is 10.1. The molecular formula is C21H26N4O5. The van der Waals surface area contributed by atoms with Crippen LogP contribution in [0.15, 0.2) is 24.3 Å². The van der Waals surface area contributed by atoms with Crippen molar-refractivity contribution in [3.8, 4) is 17.4 Å². The molecule has 0 spiro atoms. The van der Waals surface area contributed by atoms with Gasteiger partial charge in [0.25, 0.3) is 0 Å². The van der Waals surface area contributed by atoms with Gasteiger partial charge >= 0.3 is 0 Å². The summed E-state index contributed by atoms with van der Waals surface area (Å²) in [5, 5.41) is 0. The number of rotatable bonds is 6. The number of hydrogen-bond acceptors (Lipinski definition) is 8. The van der Waals surface area contributed by atoms with Gasteiger partial charge in [0.1, 0.15) is 6.61 Å². The van der Waals surface area contributed by atoms with Gasteiger partial charge in [-0.05, 0) is 12.1 Å². The lowest BCUT2D eigenvalue weighted by Gasteiger charge is -2.31. The zero-order valence-corrected chi connectivity index (χ0v) is 17.3. The van der Waals surface area contributed by atoms with Crippen molar-refractivity contribution in [2.45, 2.75) is 13.0 Å². The van der Waals surface area contributed by atoms with Crippen molar-refractivity contribution < 1.29 is 23.7 Å². The van der Waals surface area contributed by atoms with Gasteiger partial charge in [0.15, 0.2) is 11.5 Å². The smallest absolute Gasteiger partial charge is 0.248 e. The minimum absolute atomic E-state index is 0.0464. The van der Waals surface area contributed by atoms with Gasteiger partial charge in [-0.15, -0.1) is 0 Å². The molecule has 0 N–H and O–H groups in total. The molecule has 9 nitrogen and oxygen atoms in total. The van der Waals surface area contributed by atoms with Gasteiger partial charge in [0.05, 0.1) is 38.1 Å². The summed E-state index contributed by atoms with van der Waals surface area (Å²) < 4.78 is 22.1. The van der Waals surface area contributed by atoms with E-state index in [1.165, 1.54) is 7.11 Å². The van der Waals surface area contributed by atoms with E-state index in [1.54, 1.807) is 12.0 Å². The predicted octanol–water partition coefficient (Wildman–Crippen LogP) is 1.65. The van der Waals surface area contributed by atoms with Crippen LogP contribution in [0.3, 0.4) is 0 Å². The number of carbonyl (C=O) groups is 1. The Labute approximate surface area is 175 Å². The molecule has 2 aliphatic rings. The van der Waals surface area contributed by atoms with E-state index in [4.69, 9.17) is 28.9 Å². The Morgan fingerprint density at radius 2 is 1.87 bits per heavy atom. The van der Waals surface area contributed by atoms with Crippen LogP contribution in [0.2, 0.25) is 0 Å². The maximum atomic E-state index is 12.4. The lowest BCUT2D eigenvalue weighted by molar-refractivity contribution is -0.136. The van der Waals surface area contributed by atoms with E-state index < -0.39 is 0 Å². The summed E-state index contributed by atoms with van der Waals surface area (Å²) in [5.74, 6) is 2.18. The topological polar surface area (TPSA) is 86.3 Å². The summed E-state index contributed by atoms with van der Waals surface area (Å²) in [5.41, 5.74) is 1.71. The molecule has 4 rings (SSSR count). The Balaban J connectivity index is 1.70. The summed E-state index contributed by atoms with van der Waals surface area (Å²) >= 11 is 0. The average molecular weight is 414 g/mol. The normalized spacial score (nSPS) is 16.2. The van der Waals surface area contributed by atoms with Gasteiger partial charge in [-0.1, -0.05) is 12.1 Å². The summed E-state index contributed by atoms with van der Waals surface area (Å²) in [6.07, 6.45) is 0.632. The standard InChI is InChI=1S/C21H26N4O5/c1-27-14-19(26)25-8-7-16-15(13-25)20(30-18-6-4-3-5-17(18)28-2)23-21(22-16)24-9-11-29-12-10-24/h3-6H,7-14H2,1-2H3. The number of ether oxygens (including phenoxy) is 4. The molecule has 0 saturated carbocycles. The highest BCUT2D eigenvalue weighted by Crippen LogP contribution is 2.35. The molecule has 1 aromatic heterocycles. The van der Waals surface area contributed by atoms with E-state index in [0.29, 0.717) is 56.1 Å². The molecule has 0 radical (unpaired) electrons. The SMILES string of the molecule is COCC(=O)N1CCc2nc(N3CCOCC3)nc(Oc3ccccc3OC)c2C1. The highest BCUT2D eigenvalue weighted by Gasteiger charge is 2.28. The maximum absolute atomic E-state index is 12.4. The van der Waals surface area contributed by atoms with Gasteiger partial charge in [-0.3, -0.25) is 4.79 Å². The summed E-state index contributed by atoms with van der Waals surface area (Å²) in [4.78, 5) is 25.7. The zero-order chi connectivity index (χ0) is 20.9. The summed E-state index contributed by atoms with van der Waals surface area (Å²) in [7, 11) is 3.12. The van der Waals surface area contributed by atoms with Crippen molar-refractivity contribution in [2.75, 3.05) is 58.6 Å². The molecule has 2 aromatic rings. The lowest BCUT2D eigenvalue weighted by Crippen LogP contribution is -2.40. The Hall–Kier alpha value is -2.91. The molecule has 0 atom stereocenters. The first kappa shape index (κ1) is 20.4. The largest absolute Gasteiger partial charge is 0.493 e. The van der Waals surface area contributed by atoms with Gasteiger partial charge in [-0.25, -0.2) is 4.98 Å². The number of hydrogen-bond donors (Lipinski definition) is 0. The van der Waals surface area contributed by atoms with Crippen LogP contribution in [-0.2, 0) is 27.2 Å². The van der Waals surface area contributed by atoms with Crippen LogP contribution in [0.5, 0.6) is 17.4 Å². The molecule has 0 bridgehead atoms. The van der Waals surface area contributed by atoms with Crippen LogP contribution in [0.25, 0.3) is 0 Å². The molecule has 1 amide bonds. The molecule has 0 aliphatic carbocycles. The van der Waals surface area contributed by atoms with E-state index in [-0.39, 0.29) is 12.5 Å². The quantitative estimate of drug-likeness (QED) is 0.705.